The fourth-order valence-electron chi connectivity index (χ4n) is 7.63. The molecule has 0 N–H and O–H groups in total. The van der Waals surface area contributed by atoms with Crippen LogP contribution in [0.1, 0.15) is 96.0 Å². The number of hydrogen-bond acceptors (Lipinski definition) is 0. The quantitative estimate of drug-likeness (QED) is 0.185. The van der Waals surface area contributed by atoms with Gasteiger partial charge in [-0.05, 0) is 0 Å². The molecule has 0 nitrogen and oxygen atoms in total. The second-order valence-electron chi connectivity index (χ2n) is 15.6. The normalized spacial score (nSPS) is 17.8. The summed E-state index contributed by atoms with van der Waals surface area (Å²) in [4.78, 5) is 0. The van der Waals surface area contributed by atoms with E-state index in [9.17, 15) is 0 Å². The van der Waals surface area contributed by atoms with E-state index in [0.29, 0.717) is 7.25 Å². The third-order valence-electron chi connectivity index (χ3n) is 10.0. The summed E-state index contributed by atoms with van der Waals surface area (Å²) in [5, 5.41) is 0. The molecule has 0 bridgehead atoms. The summed E-state index contributed by atoms with van der Waals surface area (Å²) < 4.78 is 1.31. The van der Waals surface area contributed by atoms with Gasteiger partial charge in [0.2, 0.25) is 0 Å². The zero-order chi connectivity index (χ0) is 31.6. The monoisotopic (exact) mass is 671 g/mol. The molecule has 0 fully saturated rings. The van der Waals surface area contributed by atoms with E-state index in [-0.39, 0.29) is 10.8 Å². The van der Waals surface area contributed by atoms with Gasteiger partial charge in [-0.3, -0.25) is 0 Å². The molecule has 0 saturated carbocycles. The molecule has 0 radical (unpaired) electrons. The van der Waals surface area contributed by atoms with Gasteiger partial charge in [0.05, 0.1) is 0 Å². The predicted molar refractivity (Wildman–Crippen MR) is 193 cm³/mol. The van der Waals surface area contributed by atoms with Crippen molar-refractivity contribution in [1.82, 2.24) is 0 Å². The van der Waals surface area contributed by atoms with Crippen LogP contribution in [0.2, 0.25) is 13.1 Å². The Kier molecular flexibility index (Phi) is 8.34. The van der Waals surface area contributed by atoms with Crippen LogP contribution in [-0.2, 0) is 31.7 Å². The number of rotatable bonds is 5. The fourth-order valence-corrected chi connectivity index (χ4v) is 30.8. The first-order chi connectivity index (χ1) is 20.8. The average molecular weight is 673 g/mol. The Hall–Kier alpha value is -2.54. The molecule has 6 rings (SSSR count). The first-order valence-electron chi connectivity index (χ1n) is 16.5. The van der Waals surface area contributed by atoms with Crippen LogP contribution in [0.4, 0.5) is 0 Å². The van der Waals surface area contributed by atoms with Gasteiger partial charge < -0.3 is 0 Å². The molecule has 0 saturated heterocycles. The number of allylic oxidation sites excluding steroid dienone is 2. The summed E-state index contributed by atoms with van der Waals surface area (Å²) in [5.41, 5.74) is 18.0. The SMILES string of the molecule is CC1=Cc2c(-c3ccc(C(C)(C)C)cc3)cccc2[CH]1[Zr]([CH]1C(C)=Cc2c(-c3ccc(C(C)(C)C)cc3)cccc21)[SiH](C)C. The Morgan fingerprint density at radius 1 is 0.523 bits per heavy atom. The van der Waals surface area contributed by atoms with E-state index in [1.54, 1.807) is 22.3 Å². The summed E-state index contributed by atoms with van der Waals surface area (Å²) in [6.07, 6.45) is 5.12. The van der Waals surface area contributed by atoms with Gasteiger partial charge in [-0.1, -0.05) is 0 Å². The topological polar surface area (TPSA) is 0 Å². The van der Waals surface area contributed by atoms with Crippen molar-refractivity contribution in [1.29, 1.82) is 0 Å². The Balaban J connectivity index is 1.40. The average Bonchev–Trinajstić information content (AvgIpc) is 3.48. The van der Waals surface area contributed by atoms with Crippen molar-refractivity contribution in [2.24, 2.45) is 0 Å². The molecule has 2 unspecified atom stereocenters. The molecule has 0 heterocycles. The molecular weight excluding hydrogens is 624 g/mol. The summed E-state index contributed by atoms with van der Waals surface area (Å²) >= 11 is -2.08. The van der Waals surface area contributed by atoms with Gasteiger partial charge >= 0.3 is 277 Å². The molecule has 0 spiro atoms. The van der Waals surface area contributed by atoms with Crippen molar-refractivity contribution < 1.29 is 20.9 Å². The minimum atomic E-state index is -2.08. The maximum absolute atomic E-state index is 2.66. The molecule has 0 aliphatic heterocycles. The number of fused-ring (bicyclic) bond motifs is 2. The van der Waals surface area contributed by atoms with E-state index >= 15 is 0 Å². The van der Waals surface area contributed by atoms with E-state index < -0.39 is 26.8 Å². The van der Waals surface area contributed by atoms with Crippen molar-refractivity contribution >= 4 is 18.1 Å². The molecule has 2 aliphatic rings. The van der Waals surface area contributed by atoms with Gasteiger partial charge in [-0.2, -0.15) is 0 Å². The zero-order valence-corrected chi connectivity index (χ0v) is 32.1. The predicted octanol–water partition coefficient (Wildman–Crippen LogP) is 11.8. The molecule has 0 amide bonds. The van der Waals surface area contributed by atoms with Crippen molar-refractivity contribution in [3.63, 3.8) is 0 Å². The minimum absolute atomic E-state index is 0.167. The molecule has 44 heavy (non-hydrogen) atoms. The summed E-state index contributed by atoms with van der Waals surface area (Å²) in [5.74, 6) is -0.902. The van der Waals surface area contributed by atoms with Crippen LogP contribution >= 0.6 is 0 Å². The first-order valence-corrected chi connectivity index (χ1v) is 26.4. The Bertz CT molecular complexity index is 1630. The van der Waals surface area contributed by atoms with Crippen molar-refractivity contribution in [3.05, 3.63) is 129 Å². The van der Waals surface area contributed by atoms with E-state index in [1.165, 1.54) is 44.5 Å². The van der Waals surface area contributed by atoms with Gasteiger partial charge in [-0.15, -0.1) is 0 Å². The summed E-state index contributed by atoms with van der Waals surface area (Å²) in [7, 11) is 0. The van der Waals surface area contributed by atoms with Gasteiger partial charge in [0.25, 0.3) is 0 Å². The molecule has 0 aromatic heterocycles. The van der Waals surface area contributed by atoms with Crippen LogP contribution in [0.15, 0.2) is 96.1 Å². The third-order valence-corrected chi connectivity index (χ3v) is 32.2. The van der Waals surface area contributed by atoms with Crippen LogP contribution in [0.25, 0.3) is 34.4 Å². The summed E-state index contributed by atoms with van der Waals surface area (Å²) in [6.45, 7) is 24.0. The molecule has 2 heteroatoms. The second kappa shape index (κ2) is 11.7. The van der Waals surface area contributed by atoms with Gasteiger partial charge in [-0.25, -0.2) is 0 Å². The molecule has 225 valence electrons. The Morgan fingerprint density at radius 2 is 0.886 bits per heavy atom. The number of benzene rings is 4. The van der Waals surface area contributed by atoms with Gasteiger partial charge in [0.1, 0.15) is 0 Å². The molecule has 2 aliphatic carbocycles. The third kappa shape index (κ3) is 5.67. The second-order valence-corrected chi connectivity index (χ2v) is 35.6. The van der Waals surface area contributed by atoms with Crippen LogP contribution in [0, 0.1) is 0 Å². The van der Waals surface area contributed by atoms with Crippen LogP contribution in [0.5, 0.6) is 0 Å². The zero-order valence-electron chi connectivity index (χ0n) is 28.5. The van der Waals surface area contributed by atoms with Gasteiger partial charge in [0.15, 0.2) is 0 Å². The van der Waals surface area contributed by atoms with E-state index in [0.717, 1.165) is 0 Å². The van der Waals surface area contributed by atoms with Crippen molar-refractivity contribution in [2.75, 3.05) is 0 Å². The standard InChI is InChI=1S/2C20H21.C2H7Si.Zr/c2*1-14-12-16-6-5-7-18(19(16)13-14)15-8-10-17(11-9-15)20(2,3)4;1-3-2;/h2*5-13H,1-4H3;3H,1-2H3;. The van der Waals surface area contributed by atoms with E-state index in [4.69, 9.17) is 0 Å². The van der Waals surface area contributed by atoms with Crippen LogP contribution in [-0.4, -0.2) is 5.92 Å². The van der Waals surface area contributed by atoms with Crippen LogP contribution in [0.3, 0.4) is 0 Å². The molecule has 4 aromatic carbocycles. The maximum atomic E-state index is 2.66. The molecule has 4 aromatic rings. The van der Waals surface area contributed by atoms with Crippen molar-refractivity contribution in [2.45, 2.75) is 86.6 Å². The van der Waals surface area contributed by atoms with Crippen LogP contribution < -0.4 is 0 Å². The van der Waals surface area contributed by atoms with E-state index in [1.807, 2.05) is 0 Å². The first kappa shape index (κ1) is 31.4. The summed E-state index contributed by atoms with van der Waals surface area (Å²) in [6, 6.07) is 33.0. The van der Waals surface area contributed by atoms with Gasteiger partial charge in [0, 0.05) is 0 Å². The van der Waals surface area contributed by atoms with E-state index in [2.05, 4.69) is 166 Å². The molecular formula is C42H49SiZr. The van der Waals surface area contributed by atoms with Crippen molar-refractivity contribution in [3.8, 4) is 22.3 Å². The number of hydrogen-bond donors (Lipinski definition) is 0. The molecule has 2 atom stereocenters. The Morgan fingerprint density at radius 3 is 1.20 bits per heavy atom. The fraction of sp³-hybridized carbons (Fsp3) is 0.333. The Labute approximate surface area is 275 Å².